The smallest absolute Gasteiger partial charge is 0.355 e. The minimum absolute atomic E-state index is 0.246. The van der Waals surface area contributed by atoms with Gasteiger partial charge in [-0.1, -0.05) is 12.1 Å². The minimum atomic E-state index is -4.22. The van der Waals surface area contributed by atoms with Gasteiger partial charge < -0.3 is 4.90 Å². The number of fused-ring (bicyclic) bond motifs is 2. The van der Waals surface area contributed by atoms with Crippen LogP contribution in [-0.2, 0) is 19.4 Å². The van der Waals surface area contributed by atoms with Crippen molar-refractivity contribution in [1.82, 2.24) is 14.9 Å². The van der Waals surface area contributed by atoms with Crippen LogP contribution in [0.5, 0.6) is 0 Å². The van der Waals surface area contributed by atoms with Crippen molar-refractivity contribution in [3.63, 3.8) is 0 Å². The Morgan fingerprint density at radius 1 is 1.17 bits per heavy atom. The quantitative estimate of drug-likeness (QED) is 0.454. The number of thiophene rings is 1. The van der Waals surface area contributed by atoms with Crippen LogP contribution in [0.2, 0.25) is 0 Å². The summed E-state index contributed by atoms with van der Waals surface area (Å²) in [6.07, 6.45) is 1.29. The van der Waals surface area contributed by atoms with Crippen LogP contribution in [0.15, 0.2) is 30.1 Å². The number of nitrogens with zero attached hydrogens (tertiary/aromatic N) is 5. The first-order valence-corrected chi connectivity index (χ1v) is 13.0. The Labute approximate surface area is 211 Å². The molecule has 0 radical (unpaired) electrons. The van der Waals surface area contributed by atoms with Crippen LogP contribution in [0.25, 0.3) is 16.3 Å². The van der Waals surface area contributed by atoms with Crippen LogP contribution in [0.1, 0.15) is 40.0 Å². The third-order valence-corrected chi connectivity index (χ3v) is 9.00. The van der Waals surface area contributed by atoms with E-state index in [0.29, 0.717) is 4.83 Å². The number of benzene rings is 1. The molecule has 2 saturated heterocycles. The van der Waals surface area contributed by atoms with E-state index >= 15 is 0 Å². The summed E-state index contributed by atoms with van der Waals surface area (Å²) >= 11 is 1.10. The lowest BCUT2D eigenvalue weighted by Crippen LogP contribution is -2.60. The molecule has 1 aromatic carbocycles. The Kier molecular flexibility index (Phi) is 5.58. The fourth-order valence-electron chi connectivity index (χ4n) is 5.94. The van der Waals surface area contributed by atoms with Crippen molar-refractivity contribution in [2.24, 2.45) is 5.41 Å². The topological polar surface area (TPSA) is 56.1 Å². The van der Waals surface area contributed by atoms with Gasteiger partial charge >= 0.3 is 6.18 Å². The number of nitriles is 1. The second-order valence-electron chi connectivity index (χ2n) is 10.4. The van der Waals surface area contributed by atoms with E-state index in [0.717, 1.165) is 80.1 Å². The third kappa shape index (κ3) is 4.27. The van der Waals surface area contributed by atoms with Gasteiger partial charge in [0.15, 0.2) is 0 Å². The summed E-state index contributed by atoms with van der Waals surface area (Å²) in [5.41, 5.74) is 6.15. The number of hydrogen-bond acceptors (Lipinski definition) is 6. The highest BCUT2D eigenvalue weighted by atomic mass is 32.1. The molecule has 1 aliphatic carbocycles. The molecule has 1 spiro atoms. The van der Waals surface area contributed by atoms with E-state index in [2.05, 4.69) is 44.9 Å². The molecule has 2 aliphatic heterocycles. The van der Waals surface area contributed by atoms with Gasteiger partial charge in [-0.25, -0.2) is 9.97 Å². The van der Waals surface area contributed by atoms with E-state index in [1.54, 1.807) is 6.07 Å². The number of allylic oxidation sites excluding steroid dienone is 1. The van der Waals surface area contributed by atoms with Crippen LogP contribution in [0.4, 0.5) is 19.0 Å². The Hall–Kier alpha value is -2.96. The molecule has 3 aromatic rings. The molecule has 2 fully saturated rings. The fraction of sp³-hybridized carbons (Fsp3) is 0.444. The van der Waals surface area contributed by atoms with Crippen molar-refractivity contribution in [1.29, 1.82) is 5.26 Å². The van der Waals surface area contributed by atoms with Crippen molar-refractivity contribution in [3.8, 4) is 6.07 Å². The highest BCUT2D eigenvalue weighted by Crippen LogP contribution is 2.45. The molecule has 2 aromatic heterocycles. The Bertz CT molecular complexity index is 1400. The zero-order valence-corrected chi connectivity index (χ0v) is 20.8. The molecule has 0 bridgehead atoms. The van der Waals surface area contributed by atoms with Gasteiger partial charge in [0.1, 0.15) is 17.0 Å². The van der Waals surface area contributed by atoms with E-state index in [1.165, 1.54) is 28.6 Å². The standard InChI is InChI=1S/C27H26F3N5S/c1-17-20(3-2-19-8-18(12-31)9-22(17)19)13-34-6-4-26(5-7-34)14-35(15-26)24-23-10-21(11-27(28,29)30)36-25(23)33-16-32-24/h2-3,9-10,16H,4-8,11,13-15H2,1H3. The van der Waals surface area contributed by atoms with Crippen LogP contribution >= 0.6 is 11.3 Å². The number of likely N-dealkylation sites (tertiary alicyclic amines) is 1. The first-order valence-electron chi connectivity index (χ1n) is 12.2. The molecular weight excluding hydrogens is 483 g/mol. The summed E-state index contributed by atoms with van der Waals surface area (Å²) in [5, 5.41) is 9.98. The largest absolute Gasteiger partial charge is 0.393 e. The number of halogens is 3. The molecule has 9 heteroatoms. The normalized spacial score (nSPS) is 19.3. The van der Waals surface area contributed by atoms with Crippen molar-refractivity contribution >= 4 is 33.4 Å². The molecule has 0 unspecified atom stereocenters. The molecule has 0 N–H and O–H groups in total. The Morgan fingerprint density at radius 3 is 2.67 bits per heavy atom. The number of hydrogen-bond donors (Lipinski definition) is 0. The van der Waals surface area contributed by atoms with Gasteiger partial charge in [-0.2, -0.15) is 18.4 Å². The second-order valence-corrected chi connectivity index (χ2v) is 11.5. The second kappa shape index (κ2) is 8.56. The summed E-state index contributed by atoms with van der Waals surface area (Å²) in [7, 11) is 0. The maximum atomic E-state index is 12.9. The number of alkyl halides is 3. The van der Waals surface area contributed by atoms with Gasteiger partial charge in [-0.05, 0) is 67.3 Å². The van der Waals surface area contributed by atoms with E-state index in [-0.39, 0.29) is 10.3 Å². The third-order valence-electron chi connectivity index (χ3n) is 7.96. The van der Waals surface area contributed by atoms with Crippen molar-refractivity contribution in [2.75, 3.05) is 31.1 Å². The number of anilines is 1. The molecule has 186 valence electrons. The Balaban J connectivity index is 1.09. The van der Waals surface area contributed by atoms with Crippen LogP contribution < -0.4 is 4.90 Å². The SMILES string of the molecule is Cc1c(CN2CCC3(CC2)CN(c2ncnc4sc(CC(F)(F)F)cc24)C3)ccc2c1C=C(C#N)C2. The summed E-state index contributed by atoms with van der Waals surface area (Å²) < 4.78 is 38.6. The lowest BCUT2D eigenvalue weighted by Gasteiger charge is -2.54. The van der Waals surface area contributed by atoms with Crippen molar-refractivity contribution in [3.05, 3.63) is 57.2 Å². The fourth-order valence-corrected chi connectivity index (χ4v) is 6.96. The highest BCUT2D eigenvalue weighted by Gasteiger charge is 2.45. The molecular formula is C27H26F3N5S. The van der Waals surface area contributed by atoms with Gasteiger partial charge in [0.25, 0.3) is 0 Å². The van der Waals surface area contributed by atoms with Gasteiger partial charge in [-0.15, -0.1) is 11.3 Å². The molecule has 36 heavy (non-hydrogen) atoms. The lowest BCUT2D eigenvalue weighted by molar-refractivity contribution is -0.126. The summed E-state index contributed by atoms with van der Waals surface area (Å²) in [6.45, 7) is 6.90. The first kappa shape index (κ1) is 23.4. The number of piperidine rings is 1. The van der Waals surface area contributed by atoms with Gasteiger partial charge in [0.05, 0.1) is 17.9 Å². The predicted molar refractivity (Wildman–Crippen MR) is 135 cm³/mol. The minimum Gasteiger partial charge on any atom is -0.355 e. The summed E-state index contributed by atoms with van der Waals surface area (Å²) in [6, 6.07) is 8.29. The molecule has 0 atom stereocenters. The molecule has 4 heterocycles. The van der Waals surface area contributed by atoms with E-state index < -0.39 is 12.6 Å². The number of rotatable bonds is 4. The average Bonchev–Trinajstić information content (AvgIpc) is 3.42. The highest BCUT2D eigenvalue weighted by molar-refractivity contribution is 7.18. The Morgan fingerprint density at radius 2 is 1.94 bits per heavy atom. The van der Waals surface area contributed by atoms with Crippen LogP contribution in [-0.4, -0.2) is 47.2 Å². The maximum absolute atomic E-state index is 12.9. The van der Waals surface area contributed by atoms with Gasteiger partial charge in [0.2, 0.25) is 0 Å². The van der Waals surface area contributed by atoms with E-state index in [9.17, 15) is 18.4 Å². The monoisotopic (exact) mass is 509 g/mol. The van der Waals surface area contributed by atoms with Gasteiger partial charge in [0, 0.05) is 41.9 Å². The molecule has 5 nitrogen and oxygen atoms in total. The maximum Gasteiger partial charge on any atom is 0.393 e. The van der Waals surface area contributed by atoms with Crippen LogP contribution in [0, 0.1) is 23.7 Å². The summed E-state index contributed by atoms with van der Waals surface area (Å²) in [4.78, 5) is 14.3. The average molecular weight is 510 g/mol. The lowest BCUT2D eigenvalue weighted by atomic mass is 9.72. The first-order chi connectivity index (χ1) is 17.2. The van der Waals surface area contributed by atoms with Crippen LogP contribution in [0.3, 0.4) is 0 Å². The van der Waals surface area contributed by atoms with E-state index in [1.807, 2.05) is 6.08 Å². The van der Waals surface area contributed by atoms with Gasteiger partial charge in [-0.3, -0.25) is 4.90 Å². The molecule has 0 saturated carbocycles. The van der Waals surface area contributed by atoms with Crippen molar-refractivity contribution < 1.29 is 13.2 Å². The zero-order chi connectivity index (χ0) is 25.1. The summed E-state index contributed by atoms with van der Waals surface area (Å²) in [5.74, 6) is 0.760. The van der Waals surface area contributed by atoms with E-state index in [4.69, 9.17) is 0 Å². The predicted octanol–water partition coefficient (Wildman–Crippen LogP) is 5.67. The molecule has 0 amide bonds. The zero-order valence-electron chi connectivity index (χ0n) is 20.0. The molecule has 3 aliphatic rings. The van der Waals surface area contributed by atoms with Crippen molar-refractivity contribution in [2.45, 2.75) is 45.3 Å². The molecule has 6 rings (SSSR count). The number of aromatic nitrogens is 2.